The van der Waals surface area contributed by atoms with Gasteiger partial charge in [-0.05, 0) is 50.3 Å². The molecule has 0 heterocycles. The highest BCUT2D eigenvalue weighted by Gasteiger charge is 2.26. The average Bonchev–Trinajstić information content (AvgIpc) is 2.43. The van der Waals surface area contributed by atoms with E-state index < -0.39 is 11.8 Å². The third-order valence-corrected chi connectivity index (χ3v) is 3.86. The Labute approximate surface area is 122 Å². The van der Waals surface area contributed by atoms with Crippen LogP contribution in [0.2, 0.25) is 0 Å². The van der Waals surface area contributed by atoms with Crippen LogP contribution in [0.1, 0.15) is 31.2 Å². The molecule has 1 saturated carbocycles. The Balaban J connectivity index is 1.85. The van der Waals surface area contributed by atoms with Gasteiger partial charge >= 0.3 is 12.0 Å². The predicted octanol–water partition coefficient (Wildman–Crippen LogP) is 2.90. The number of hydrogen-bond acceptors (Lipinski definition) is 2. The number of nitrogens with one attached hydrogen (secondary N) is 2. The maximum atomic E-state index is 13.1. The molecule has 2 rings (SSSR count). The molecule has 0 bridgehead atoms. The minimum absolute atomic E-state index is 0.0329. The van der Waals surface area contributed by atoms with Crippen LogP contribution in [0.5, 0.6) is 0 Å². The summed E-state index contributed by atoms with van der Waals surface area (Å²) < 4.78 is 13.1. The van der Waals surface area contributed by atoms with Crippen LogP contribution in [0.15, 0.2) is 18.2 Å². The number of rotatable bonds is 3. The molecule has 0 unspecified atom stereocenters. The molecule has 0 radical (unpaired) electrons. The molecular weight excluding hydrogens is 275 g/mol. The summed E-state index contributed by atoms with van der Waals surface area (Å²) in [5.74, 6) is -1.48. The van der Waals surface area contributed by atoms with Crippen molar-refractivity contribution in [2.75, 3.05) is 5.32 Å². The zero-order valence-electron chi connectivity index (χ0n) is 11.9. The van der Waals surface area contributed by atoms with Crippen LogP contribution in [0.4, 0.5) is 14.9 Å². The lowest BCUT2D eigenvalue weighted by molar-refractivity contribution is -0.142. The van der Waals surface area contributed by atoms with Crippen molar-refractivity contribution in [3.8, 4) is 0 Å². The summed E-state index contributed by atoms with van der Waals surface area (Å²) in [6.45, 7) is 1.78. The molecule has 2 amide bonds. The number of carboxylic acid groups (broad SMARTS) is 1. The van der Waals surface area contributed by atoms with E-state index in [4.69, 9.17) is 5.11 Å². The Kier molecular flexibility index (Phi) is 4.77. The zero-order valence-corrected chi connectivity index (χ0v) is 11.9. The molecule has 0 atom stereocenters. The summed E-state index contributed by atoms with van der Waals surface area (Å²) in [5.41, 5.74) is 1.22. The number of amides is 2. The van der Waals surface area contributed by atoms with E-state index in [0.717, 1.165) is 5.56 Å². The van der Waals surface area contributed by atoms with E-state index in [1.165, 1.54) is 12.1 Å². The molecular formula is C15H19FN2O3. The Hall–Kier alpha value is -2.11. The van der Waals surface area contributed by atoms with Crippen LogP contribution in [-0.2, 0) is 4.79 Å². The molecule has 1 aliphatic rings. The second kappa shape index (κ2) is 6.56. The van der Waals surface area contributed by atoms with Crippen molar-refractivity contribution >= 4 is 17.7 Å². The standard InChI is InChI=1S/C15H19FN2O3/c1-9-2-5-11(16)8-13(9)18-15(21)17-12-6-3-10(4-7-12)14(19)20/h2,5,8,10,12H,3-4,6-7H2,1H3,(H,19,20)(H2,17,18,21). The van der Waals surface area contributed by atoms with E-state index in [9.17, 15) is 14.0 Å². The van der Waals surface area contributed by atoms with Gasteiger partial charge in [0.05, 0.1) is 5.92 Å². The predicted molar refractivity (Wildman–Crippen MR) is 76.7 cm³/mol. The summed E-state index contributed by atoms with van der Waals surface area (Å²) >= 11 is 0. The fraction of sp³-hybridized carbons (Fsp3) is 0.467. The Morgan fingerprint density at radius 2 is 1.90 bits per heavy atom. The molecule has 0 saturated heterocycles. The number of aliphatic carboxylic acids is 1. The van der Waals surface area contributed by atoms with Crippen LogP contribution in [-0.4, -0.2) is 23.1 Å². The van der Waals surface area contributed by atoms with Crippen molar-refractivity contribution in [2.24, 2.45) is 5.92 Å². The SMILES string of the molecule is Cc1ccc(F)cc1NC(=O)NC1CCC(C(=O)O)CC1. The largest absolute Gasteiger partial charge is 0.481 e. The second-order valence-electron chi connectivity index (χ2n) is 5.44. The highest BCUT2D eigenvalue weighted by molar-refractivity contribution is 5.90. The summed E-state index contributed by atoms with van der Waals surface area (Å²) in [7, 11) is 0. The van der Waals surface area contributed by atoms with E-state index in [0.29, 0.717) is 31.4 Å². The minimum Gasteiger partial charge on any atom is -0.481 e. The van der Waals surface area contributed by atoms with Gasteiger partial charge in [-0.3, -0.25) is 4.79 Å². The van der Waals surface area contributed by atoms with Crippen LogP contribution < -0.4 is 10.6 Å². The fourth-order valence-electron chi connectivity index (χ4n) is 2.56. The molecule has 1 fully saturated rings. The lowest BCUT2D eigenvalue weighted by atomic mass is 9.86. The number of aryl methyl sites for hydroxylation is 1. The van der Waals surface area contributed by atoms with E-state index in [1.807, 2.05) is 0 Å². The molecule has 0 aromatic heterocycles. The first-order chi connectivity index (χ1) is 9.95. The van der Waals surface area contributed by atoms with Gasteiger partial charge in [0, 0.05) is 11.7 Å². The number of urea groups is 1. The van der Waals surface area contributed by atoms with Gasteiger partial charge in [0.15, 0.2) is 0 Å². The summed E-state index contributed by atoms with van der Waals surface area (Å²) in [6, 6.07) is 3.79. The maximum Gasteiger partial charge on any atom is 0.319 e. The Morgan fingerprint density at radius 1 is 1.24 bits per heavy atom. The van der Waals surface area contributed by atoms with Gasteiger partial charge in [-0.25, -0.2) is 9.18 Å². The van der Waals surface area contributed by atoms with Crippen LogP contribution in [0.25, 0.3) is 0 Å². The van der Waals surface area contributed by atoms with E-state index in [1.54, 1.807) is 13.0 Å². The lowest BCUT2D eigenvalue weighted by Gasteiger charge is -2.26. The van der Waals surface area contributed by atoms with Gasteiger partial charge in [-0.1, -0.05) is 6.07 Å². The Morgan fingerprint density at radius 3 is 2.52 bits per heavy atom. The monoisotopic (exact) mass is 294 g/mol. The smallest absolute Gasteiger partial charge is 0.319 e. The fourth-order valence-corrected chi connectivity index (χ4v) is 2.56. The van der Waals surface area contributed by atoms with Gasteiger partial charge in [-0.15, -0.1) is 0 Å². The highest BCUT2D eigenvalue weighted by atomic mass is 19.1. The van der Waals surface area contributed by atoms with Gasteiger partial charge < -0.3 is 15.7 Å². The number of anilines is 1. The van der Waals surface area contributed by atoms with E-state index in [2.05, 4.69) is 10.6 Å². The van der Waals surface area contributed by atoms with Crippen molar-refractivity contribution in [3.63, 3.8) is 0 Å². The number of benzene rings is 1. The van der Waals surface area contributed by atoms with Crippen molar-refractivity contribution in [1.82, 2.24) is 5.32 Å². The van der Waals surface area contributed by atoms with E-state index >= 15 is 0 Å². The minimum atomic E-state index is -0.770. The molecule has 6 heteroatoms. The Bertz CT molecular complexity index is 540. The van der Waals surface area contributed by atoms with Gasteiger partial charge in [0.1, 0.15) is 5.82 Å². The zero-order chi connectivity index (χ0) is 15.4. The first kappa shape index (κ1) is 15.3. The highest BCUT2D eigenvalue weighted by Crippen LogP contribution is 2.24. The van der Waals surface area contributed by atoms with Gasteiger partial charge in [0.2, 0.25) is 0 Å². The van der Waals surface area contributed by atoms with Crippen molar-refractivity contribution in [1.29, 1.82) is 0 Å². The normalized spacial score (nSPS) is 21.6. The number of hydrogen-bond donors (Lipinski definition) is 3. The molecule has 21 heavy (non-hydrogen) atoms. The topological polar surface area (TPSA) is 78.4 Å². The van der Waals surface area contributed by atoms with E-state index in [-0.39, 0.29) is 18.0 Å². The molecule has 114 valence electrons. The van der Waals surface area contributed by atoms with Crippen molar-refractivity contribution in [3.05, 3.63) is 29.6 Å². The first-order valence-electron chi connectivity index (χ1n) is 7.02. The summed E-state index contributed by atoms with van der Waals surface area (Å²) in [4.78, 5) is 22.8. The number of carbonyl (C=O) groups is 2. The molecule has 3 N–H and O–H groups in total. The van der Waals surface area contributed by atoms with Crippen LogP contribution in [0.3, 0.4) is 0 Å². The van der Waals surface area contributed by atoms with Crippen LogP contribution >= 0.6 is 0 Å². The van der Waals surface area contributed by atoms with Gasteiger partial charge in [0.25, 0.3) is 0 Å². The molecule has 5 nitrogen and oxygen atoms in total. The lowest BCUT2D eigenvalue weighted by Crippen LogP contribution is -2.41. The van der Waals surface area contributed by atoms with Crippen LogP contribution in [0, 0.1) is 18.7 Å². The first-order valence-corrected chi connectivity index (χ1v) is 7.02. The molecule has 0 aliphatic heterocycles. The number of carboxylic acids is 1. The number of carbonyl (C=O) groups excluding carboxylic acids is 1. The maximum absolute atomic E-state index is 13.1. The summed E-state index contributed by atoms with van der Waals surface area (Å²) in [5, 5.41) is 14.4. The third kappa shape index (κ3) is 4.18. The number of halogens is 1. The van der Waals surface area contributed by atoms with Gasteiger partial charge in [-0.2, -0.15) is 0 Å². The summed E-state index contributed by atoms with van der Waals surface area (Å²) in [6.07, 6.45) is 2.43. The molecule has 0 spiro atoms. The molecule has 1 aromatic carbocycles. The second-order valence-corrected chi connectivity index (χ2v) is 5.44. The quantitative estimate of drug-likeness (QED) is 0.802. The molecule has 1 aliphatic carbocycles. The van der Waals surface area contributed by atoms with Crippen molar-refractivity contribution < 1.29 is 19.1 Å². The molecule has 1 aromatic rings. The third-order valence-electron chi connectivity index (χ3n) is 3.86. The average molecular weight is 294 g/mol. The van der Waals surface area contributed by atoms with Crippen molar-refractivity contribution in [2.45, 2.75) is 38.6 Å².